The second kappa shape index (κ2) is 4.57. The van der Waals surface area contributed by atoms with Gasteiger partial charge in [0, 0.05) is 32.6 Å². The normalized spacial score (nSPS) is 23.0. The molecule has 0 radical (unpaired) electrons. The smallest absolute Gasteiger partial charge is 0.210 e. The topological polar surface area (TPSA) is 41.6 Å². The maximum atomic E-state index is 11.7. The number of carbonyl (C=O) groups excluding carboxylic acids is 1. The fourth-order valence-electron chi connectivity index (χ4n) is 1.76. The Kier molecular flexibility index (Phi) is 3.16. The molecule has 0 atom stereocenters. The third-order valence-electron chi connectivity index (χ3n) is 2.56. The van der Waals surface area contributed by atoms with Gasteiger partial charge in [-0.05, 0) is 6.08 Å². The van der Waals surface area contributed by atoms with Crippen LogP contribution in [0.3, 0.4) is 0 Å². The van der Waals surface area contributed by atoms with Gasteiger partial charge in [0.05, 0.1) is 13.2 Å². The molecule has 4 nitrogen and oxygen atoms in total. The van der Waals surface area contributed by atoms with E-state index < -0.39 is 0 Å². The molecular formula is C10H16N2O2. The Morgan fingerprint density at radius 3 is 2.93 bits per heavy atom. The van der Waals surface area contributed by atoms with E-state index in [0.29, 0.717) is 18.9 Å². The SMILES string of the molecule is O=C(CN1CCNCC1)C1=CCCO1. The fraction of sp³-hybridized carbons (Fsp3) is 0.700. The van der Waals surface area contributed by atoms with Crippen LogP contribution in [0.5, 0.6) is 0 Å². The van der Waals surface area contributed by atoms with Crippen molar-refractivity contribution in [3.8, 4) is 0 Å². The van der Waals surface area contributed by atoms with Gasteiger partial charge in [0.1, 0.15) is 0 Å². The zero-order valence-corrected chi connectivity index (χ0v) is 8.29. The van der Waals surface area contributed by atoms with Crippen LogP contribution in [0.25, 0.3) is 0 Å². The molecule has 0 saturated carbocycles. The van der Waals surface area contributed by atoms with Gasteiger partial charge in [0.15, 0.2) is 5.76 Å². The Hall–Kier alpha value is -0.870. The van der Waals surface area contributed by atoms with Crippen LogP contribution >= 0.6 is 0 Å². The molecule has 0 aromatic rings. The summed E-state index contributed by atoms with van der Waals surface area (Å²) in [6.45, 7) is 5.05. The van der Waals surface area contributed by atoms with Crippen LogP contribution in [-0.2, 0) is 9.53 Å². The van der Waals surface area contributed by atoms with Gasteiger partial charge in [-0.25, -0.2) is 0 Å². The second-order valence-corrected chi connectivity index (χ2v) is 3.65. The lowest BCUT2D eigenvalue weighted by Gasteiger charge is -2.26. The van der Waals surface area contributed by atoms with E-state index in [1.54, 1.807) is 0 Å². The first-order chi connectivity index (χ1) is 6.86. The van der Waals surface area contributed by atoms with Crippen molar-refractivity contribution >= 4 is 5.78 Å². The lowest BCUT2D eigenvalue weighted by atomic mass is 10.2. The minimum Gasteiger partial charge on any atom is -0.490 e. The molecule has 4 heteroatoms. The van der Waals surface area contributed by atoms with Crippen molar-refractivity contribution < 1.29 is 9.53 Å². The Morgan fingerprint density at radius 1 is 1.50 bits per heavy atom. The molecule has 0 bridgehead atoms. The molecule has 2 rings (SSSR count). The van der Waals surface area contributed by atoms with Crippen LogP contribution in [0.2, 0.25) is 0 Å². The largest absolute Gasteiger partial charge is 0.490 e. The Labute approximate surface area is 83.9 Å². The van der Waals surface area contributed by atoms with E-state index in [4.69, 9.17) is 4.74 Å². The molecule has 2 aliphatic heterocycles. The summed E-state index contributed by atoms with van der Waals surface area (Å²) >= 11 is 0. The summed E-state index contributed by atoms with van der Waals surface area (Å²) in [5, 5.41) is 3.26. The van der Waals surface area contributed by atoms with Gasteiger partial charge in [-0.15, -0.1) is 0 Å². The van der Waals surface area contributed by atoms with Crippen molar-refractivity contribution in [2.75, 3.05) is 39.3 Å². The molecule has 0 aromatic carbocycles. The molecular weight excluding hydrogens is 180 g/mol. The van der Waals surface area contributed by atoms with Gasteiger partial charge in [0.25, 0.3) is 0 Å². The average Bonchev–Trinajstić information content (AvgIpc) is 2.72. The number of carbonyl (C=O) groups is 1. The van der Waals surface area contributed by atoms with Gasteiger partial charge >= 0.3 is 0 Å². The molecule has 1 saturated heterocycles. The van der Waals surface area contributed by atoms with Crippen molar-refractivity contribution in [1.29, 1.82) is 0 Å². The average molecular weight is 196 g/mol. The number of piperazine rings is 1. The molecule has 14 heavy (non-hydrogen) atoms. The Balaban J connectivity index is 1.81. The summed E-state index contributed by atoms with van der Waals surface area (Å²) < 4.78 is 5.23. The van der Waals surface area contributed by atoms with Crippen LogP contribution in [0.15, 0.2) is 11.8 Å². The van der Waals surface area contributed by atoms with E-state index in [-0.39, 0.29) is 5.78 Å². The van der Waals surface area contributed by atoms with Gasteiger partial charge in [-0.3, -0.25) is 9.69 Å². The van der Waals surface area contributed by atoms with Crippen LogP contribution in [0.1, 0.15) is 6.42 Å². The highest BCUT2D eigenvalue weighted by Gasteiger charge is 2.19. The van der Waals surface area contributed by atoms with Gasteiger partial charge in [0.2, 0.25) is 5.78 Å². The van der Waals surface area contributed by atoms with Crippen molar-refractivity contribution in [3.63, 3.8) is 0 Å². The lowest BCUT2D eigenvalue weighted by molar-refractivity contribution is -0.119. The molecule has 1 N–H and O–H groups in total. The maximum Gasteiger partial charge on any atom is 0.210 e. The molecule has 1 fully saturated rings. The minimum absolute atomic E-state index is 0.129. The summed E-state index contributed by atoms with van der Waals surface area (Å²) in [4.78, 5) is 13.8. The quantitative estimate of drug-likeness (QED) is 0.676. The Bertz CT molecular complexity index is 245. The monoisotopic (exact) mass is 196 g/mol. The van der Waals surface area contributed by atoms with Crippen molar-refractivity contribution in [2.45, 2.75) is 6.42 Å². The van der Waals surface area contributed by atoms with E-state index in [2.05, 4.69) is 10.2 Å². The number of rotatable bonds is 3. The number of Topliss-reactive ketones (excluding diaryl/α,β-unsaturated/α-hetero) is 1. The summed E-state index contributed by atoms with van der Waals surface area (Å²) in [5.74, 6) is 0.702. The number of ether oxygens (including phenoxy) is 1. The van der Waals surface area contributed by atoms with Gasteiger partial charge in [-0.2, -0.15) is 0 Å². The predicted octanol–water partition coefficient (Wildman–Crippen LogP) is -0.235. The summed E-state index contributed by atoms with van der Waals surface area (Å²) in [6.07, 6.45) is 2.77. The van der Waals surface area contributed by atoms with Crippen molar-refractivity contribution in [1.82, 2.24) is 10.2 Å². The molecule has 0 spiro atoms. The maximum absolute atomic E-state index is 11.7. The third kappa shape index (κ3) is 2.33. The van der Waals surface area contributed by atoms with Crippen LogP contribution in [0.4, 0.5) is 0 Å². The minimum atomic E-state index is 0.129. The Morgan fingerprint density at radius 2 is 2.29 bits per heavy atom. The van der Waals surface area contributed by atoms with Crippen LogP contribution in [-0.4, -0.2) is 50.0 Å². The highest BCUT2D eigenvalue weighted by atomic mass is 16.5. The van der Waals surface area contributed by atoms with Gasteiger partial charge < -0.3 is 10.1 Å². The third-order valence-corrected chi connectivity index (χ3v) is 2.56. The molecule has 0 amide bonds. The lowest BCUT2D eigenvalue weighted by Crippen LogP contribution is -2.45. The van der Waals surface area contributed by atoms with Crippen LogP contribution < -0.4 is 5.32 Å². The van der Waals surface area contributed by atoms with Crippen LogP contribution in [0, 0.1) is 0 Å². The van der Waals surface area contributed by atoms with Crippen molar-refractivity contribution in [3.05, 3.63) is 11.8 Å². The van der Waals surface area contributed by atoms with E-state index in [9.17, 15) is 4.79 Å². The number of ketones is 1. The molecule has 2 aliphatic rings. The highest BCUT2D eigenvalue weighted by molar-refractivity contribution is 5.95. The molecule has 2 heterocycles. The summed E-state index contributed by atoms with van der Waals surface area (Å²) in [7, 11) is 0. The summed E-state index contributed by atoms with van der Waals surface area (Å²) in [6, 6.07) is 0. The van der Waals surface area contributed by atoms with Gasteiger partial charge in [-0.1, -0.05) is 0 Å². The zero-order chi connectivity index (χ0) is 9.80. The van der Waals surface area contributed by atoms with Crippen molar-refractivity contribution in [2.24, 2.45) is 0 Å². The number of nitrogens with zero attached hydrogens (tertiary/aromatic N) is 1. The zero-order valence-electron chi connectivity index (χ0n) is 8.29. The first-order valence-corrected chi connectivity index (χ1v) is 5.15. The number of nitrogens with one attached hydrogen (secondary N) is 1. The number of hydrogen-bond donors (Lipinski definition) is 1. The summed E-state index contributed by atoms with van der Waals surface area (Å²) in [5.41, 5.74) is 0. The first-order valence-electron chi connectivity index (χ1n) is 5.15. The fourth-order valence-corrected chi connectivity index (χ4v) is 1.76. The molecule has 0 aromatic heterocycles. The second-order valence-electron chi connectivity index (χ2n) is 3.65. The highest BCUT2D eigenvalue weighted by Crippen LogP contribution is 2.10. The molecule has 0 aliphatic carbocycles. The number of hydrogen-bond acceptors (Lipinski definition) is 4. The first kappa shape index (κ1) is 9.68. The van der Waals surface area contributed by atoms with E-state index in [1.807, 2.05) is 6.08 Å². The van der Waals surface area contributed by atoms with E-state index >= 15 is 0 Å². The predicted molar refractivity (Wildman–Crippen MR) is 53.0 cm³/mol. The molecule has 78 valence electrons. The van der Waals surface area contributed by atoms with E-state index in [0.717, 1.165) is 32.6 Å². The molecule has 0 unspecified atom stereocenters. The van der Waals surface area contributed by atoms with E-state index in [1.165, 1.54) is 0 Å². The standard InChI is InChI=1S/C10H16N2O2/c13-9(10-2-1-7-14-10)8-12-5-3-11-4-6-12/h2,11H,1,3-8H2.